The number of carbonyl (C=O) groups excluding carboxylic acids is 1. The Morgan fingerprint density at radius 2 is 1.93 bits per heavy atom. The minimum Gasteiger partial charge on any atom is -0.479 e. The number of hydrogen-bond donors (Lipinski definition) is 1. The van der Waals surface area contributed by atoms with Crippen molar-refractivity contribution in [2.24, 2.45) is 5.10 Å². The highest BCUT2D eigenvalue weighted by Gasteiger charge is 2.21. The van der Waals surface area contributed by atoms with E-state index in [1.54, 1.807) is 55.5 Å². The van der Waals surface area contributed by atoms with Crippen LogP contribution in [0.3, 0.4) is 0 Å². The van der Waals surface area contributed by atoms with Crippen LogP contribution in [0, 0.1) is 18.3 Å². The third-order valence-corrected chi connectivity index (χ3v) is 4.78. The van der Waals surface area contributed by atoms with Crippen molar-refractivity contribution in [3.8, 4) is 11.8 Å². The van der Waals surface area contributed by atoms with Crippen LogP contribution in [0.15, 0.2) is 53.6 Å². The Morgan fingerprint density at radius 1 is 1.25 bits per heavy atom. The van der Waals surface area contributed by atoms with Crippen LogP contribution >= 0.6 is 0 Å². The fourth-order valence-corrected chi connectivity index (χ4v) is 3.25. The first-order chi connectivity index (χ1) is 13.3. The zero-order chi connectivity index (χ0) is 20.6. The second kappa shape index (κ2) is 9.53. The molecular weight excluding hydrogens is 380 g/mol. The number of amides is 1. The summed E-state index contributed by atoms with van der Waals surface area (Å²) in [7, 11) is -3.64. The molecule has 2 aromatic carbocycles. The van der Waals surface area contributed by atoms with Crippen molar-refractivity contribution in [2.75, 3.05) is 23.7 Å². The Hall–Kier alpha value is -3.38. The van der Waals surface area contributed by atoms with Crippen molar-refractivity contribution in [1.29, 1.82) is 5.26 Å². The molecule has 2 aromatic rings. The van der Waals surface area contributed by atoms with Gasteiger partial charge in [-0.1, -0.05) is 18.2 Å². The monoisotopic (exact) mass is 400 g/mol. The molecule has 0 saturated carbocycles. The van der Waals surface area contributed by atoms with Crippen LogP contribution in [0.1, 0.15) is 11.1 Å². The number of hydrazone groups is 1. The Balaban J connectivity index is 2.01. The first kappa shape index (κ1) is 20.9. The van der Waals surface area contributed by atoms with E-state index in [0.29, 0.717) is 17.0 Å². The molecule has 0 unspecified atom stereocenters. The molecule has 8 nitrogen and oxygen atoms in total. The van der Waals surface area contributed by atoms with E-state index in [1.165, 1.54) is 6.21 Å². The molecule has 1 N–H and O–H groups in total. The van der Waals surface area contributed by atoms with Crippen molar-refractivity contribution >= 4 is 27.8 Å². The summed E-state index contributed by atoms with van der Waals surface area (Å²) in [5.74, 6) is -0.0244. The molecule has 1 amide bonds. The van der Waals surface area contributed by atoms with Gasteiger partial charge in [0, 0.05) is 0 Å². The van der Waals surface area contributed by atoms with E-state index < -0.39 is 15.9 Å². The molecule has 0 aliphatic rings. The van der Waals surface area contributed by atoms with Gasteiger partial charge in [-0.05, 0) is 48.4 Å². The average molecular weight is 400 g/mol. The summed E-state index contributed by atoms with van der Waals surface area (Å²) in [6, 6.07) is 15.5. The Morgan fingerprint density at radius 3 is 2.54 bits per heavy atom. The lowest BCUT2D eigenvalue weighted by Gasteiger charge is -2.23. The van der Waals surface area contributed by atoms with Gasteiger partial charge in [0.25, 0.3) is 5.91 Å². The molecule has 2 rings (SSSR count). The highest BCUT2D eigenvalue weighted by molar-refractivity contribution is 7.92. The molecule has 0 aliphatic heterocycles. The SMILES string of the molecule is Cc1ccccc1N(CC(=O)N/N=C\c1ccc(OCC#N)cc1)S(C)(=O)=O. The second-order valence-corrected chi connectivity index (χ2v) is 7.77. The quantitative estimate of drug-likeness (QED) is 0.536. The Labute approximate surface area is 164 Å². The number of hydrogen-bond acceptors (Lipinski definition) is 6. The predicted octanol–water partition coefficient (Wildman–Crippen LogP) is 1.81. The van der Waals surface area contributed by atoms with Gasteiger partial charge >= 0.3 is 0 Å². The maximum absolute atomic E-state index is 12.2. The zero-order valence-electron chi connectivity index (χ0n) is 15.5. The third kappa shape index (κ3) is 6.10. The fourth-order valence-electron chi connectivity index (χ4n) is 2.33. The van der Waals surface area contributed by atoms with E-state index >= 15 is 0 Å². The molecule has 146 valence electrons. The number of benzene rings is 2. The van der Waals surface area contributed by atoms with Crippen LogP contribution in [0.25, 0.3) is 0 Å². The van der Waals surface area contributed by atoms with Gasteiger partial charge in [-0.3, -0.25) is 9.10 Å². The lowest BCUT2D eigenvalue weighted by molar-refractivity contribution is -0.119. The first-order valence-electron chi connectivity index (χ1n) is 8.26. The number of aryl methyl sites for hydroxylation is 1. The molecule has 0 atom stereocenters. The molecule has 0 aromatic heterocycles. The first-order valence-corrected chi connectivity index (χ1v) is 10.1. The van der Waals surface area contributed by atoms with Gasteiger partial charge in [-0.25, -0.2) is 13.8 Å². The van der Waals surface area contributed by atoms with Gasteiger partial charge in [0.2, 0.25) is 10.0 Å². The lowest BCUT2D eigenvalue weighted by Crippen LogP contribution is -2.39. The van der Waals surface area contributed by atoms with E-state index in [0.717, 1.165) is 16.1 Å². The van der Waals surface area contributed by atoms with Gasteiger partial charge in [-0.15, -0.1) is 0 Å². The molecule has 0 radical (unpaired) electrons. The van der Waals surface area contributed by atoms with Crippen molar-refractivity contribution in [1.82, 2.24) is 5.43 Å². The number of rotatable bonds is 8. The molecule has 0 bridgehead atoms. The van der Waals surface area contributed by atoms with Gasteiger partial charge < -0.3 is 4.74 Å². The number of nitrogens with zero attached hydrogens (tertiary/aromatic N) is 3. The molecule has 9 heteroatoms. The number of ether oxygens (including phenoxy) is 1. The van der Waals surface area contributed by atoms with Crippen molar-refractivity contribution in [3.63, 3.8) is 0 Å². The minimum absolute atomic E-state index is 0.0405. The summed E-state index contributed by atoms with van der Waals surface area (Å²) in [5.41, 5.74) is 4.20. The third-order valence-electron chi connectivity index (χ3n) is 3.66. The highest BCUT2D eigenvalue weighted by Crippen LogP contribution is 2.21. The van der Waals surface area contributed by atoms with E-state index in [1.807, 2.05) is 6.07 Å². The smallest absolute Gasteiger partial charge is 0.260 e. The van der Waals surface area contributed by atoms with Crippen molar-refractivity contribution in [2.45, 2.75) is 6.92 Å². The topological polar surface area (TPSA) is 112 Å². The van der Waals surface area contributed by atoms with Crippen LogP contribution < -0.4 is 14.5 Å². The maximum Gasteiger partial charge on any atom is 0.260 e. The average Bonchev–Trinajstić information content (AvgIpc) is 2.65. The Kier molecular flexibility index (Phi) is 7.12. The second-order valence-electron chi connectivity index (χ2n) is 5.87. The molecule has 0 saturated heterocycles. The number of anilines is 1. The number of para-hydroxylation sites is 1. The van der Waals surface area contributed by atoms with Crippen LogP contribution in [0.5, 0.6) is 5.75 Å². The largest absolute Gasteiger partial charge is 0.479 e. The molecule has 28 heavy (non-hydrogen) atoms. The van der Waals surface area contributed by atoms with Gasteiger partial charge in [0.15, 0.2) is 6.61 Å². The normalized spacial score (nSPS) is 11.0. The van der Waals surface area contributed by atoms with E-state index in [2.05, 4.69) is 10.5 Å². The molecule has 0 aliphatic carbocycles. The number of nitriles is 1. The van der Waals surface area contributed by atoms with Crippen LogP contribution in [0.2, 0.25) is 0 Å². The number of sulfonamides is 1. The summed E-state index contributed by atoms with van der Waals surface area (Å²) in [5, 5.41) is 12.3. The van der Waals surface area contributed by atoms with Gasteiger partial charge in [-0.2, -0.15) is 10.4 Å². The van der Waals surface area contributed by atoms with Crippen LogP contribution in [0.4, 0.5) is 5.69 Å². The van der Waals surface area contributed by atoms with E-state index in [-0.39, 0.29) is 13.2 Å². The highest BCUT2D eigenvalue weighted by atomic mass is 32.2. The van der Waals surface area contributed by atoms with Crippen LogP contribution in [-0.4, -0.2) is 39.9 Å². The minimum atomic E-state index is -3.64. The lowest BCUT2D eigenvalue weighted by atomic mass is 10.2. The number of carbonyl (C=O) groups is 1. The number of nitrogens with one attached hydrogen (secondary N) is 1. The summed E-state index contributed by atoms with van der Waals surface area (Å²) in [6.45, 7) is 1.34. The van der Waals surface area contributed by atoms with Gasteiger partial charge in [0.05, 0.1) is 18.2 Å². The molecule has 0 heterocycles. The molecule has 0 fully saturated rings. The molecular formula is C19H20N4O4S. The summed E-state index contributed by atoms with van der Waals surface area (Å²) in [4.78, 5) is 12.2. The Bertz CT molecular complexity index is 995. The summed E-state index contributed by atoms with van der Waals surface area (Å²) in [6.07, 6.45) is 2.47. The fraction of sp³-hybridized carbons (Fsp3) is 0.211. The van der Waals surface area contributed by atoms with Crippen molar-refractivity contribution in [3.05, 3.63) is 59.7 Å². The predicted molar refractivity (Wildman–Crippen MR) is 107 cm³/mol. The summed E-state index contributed by atoms with van der Waals surface area (Å²) >= 11 is 0. The van der Waals surface area contributed by atoms with Gasteiger partial charge in [0.1, 0.15) is 18.4 Å². The molecule has 0 spiro atoms. The van der Waals surface area contributed by atoms with E-state index in [4.69, 9.17) is 10.00 Å². The maximum atomic E-state index is 12.2. The van der Waals surface area contributed by atoms with E-state index in [9.17, 15) is 13.2 Å². The zero-order valence-corrected chi connectivity index (χ0v) is 16.3. The standard InChI is InChI=1S/C19H20N4O4S/c1-15-5-3-4-6-18(15)23(28(2,25)26)14-19(24)22-21-13-16-7-9-17(10-8-16)27-12-11-20/h3-10,13H,12,14H2,1-2H3,(H,22,24)/b21-13-. The summed E-state index contributed by atoms with van der Waals surface area (Å²) < 4.78 is 30.4. The van der Waals surface area contributed by atoms with Crippen LogP contribution in [-0.2, 0) is 14.8 Å². The van der Waals surface area contributed by atoms with Crippen molar-refractivity contribution < 1.29 is 17.9 Å².